The Hall–Kier alpha value is -2.58. The zero-order valence-corrected chi connectivity index (χ0v) is 14.7. The number of esters is 1. The zero-order valence-electron chi connectivity index (χ0n) is 14.7. The topological polar surface area (TPSA) is 126 Å². The van der Waals surface area contributed by atoms with Gasteiger partial charge in [0.2, 0.25) is 5.76 Å². The maximum absolute atomic E-state index is 11.9. The van der Waals surface area contributed by atoms with Gasteiger partial charge < -0.3 is 19.7 Å². The highest BCUT2D eigenvalue weighted by Gasteiger charge is 2.23. The van der Waals surface area contributed by atoms with E-state index in [0.29, 0.717) is 6.42 Å². The summed E-state index contributed by atoms with van der Waals surface area (Å²) in [5.41, 5.74) is -1.43. The third kappa shape index (κ3) is 7.61. The van der Waals surface area contributed by atoms with Crippen LogP contribution in [-0.4, -0.2) is 58.2 Å². The van der Waals surface area contributed by atoms with Crippen molar-refractivity contribution in [3.63, 3.8) is 0 Å². The summed E-state index contributed by atoms with van der Waals surface area (Å²) in [6, 6.07) is 0. The van der Waals surface area contributed by atoms with E-state index in [1.54, 1.807) is 34.6 Å². The van der Waals surface area contributed by atoms with Gasteiger partial charge in [0.05, 0.1) is 12.3 Å². The number of carboxylic acid groups (broad SMARTS) is 1. The first-order chi connectivity index (χ1) is 10.9. The zero-order chi connectivity index (χ0) is 19.1. The van der Waals surface area contributed by atoms with Crippen molar-refractivity contribution in [1.29, 1.82) is 0 Å². The third-order valence-corrected chi connectivity index (χ3v) is 2.58. The molecular formula is C15H24N2O7. The summed E-state index contributed by atoms with van der Waals surface area (Å²) in [6.45, 7) is 8.36. The molecule has 0 saturated heterocycles. The first-order valence-corrected chi connectivity index (χ1v) is 7.27. The van der Waals surface area contributed by atoms with Crippen molar-refractivity contribution in [3.05, 3.63) is 11.3 Å². The van der Waals surface area contributed by atoms with E-state index < -0.39 is 41.1 Å². The second-order valence-electron chi connectivity index (χ2n) is 5.94. The molecule has 136 valence electrons. The molecule has 1 amide bonds. The van der Waals surface area contributed by atoms with E-state index in [4.69, 9.17) is 14.6 Å². The number of carbonyl (C=O) groups excluding carboxylic acids is 2. The molecular weight excluding hydrogens is 320 g/mol. The van der Waals surface area contributed by atoms with Gasteiger partial charge in [-0.15, -0.1) is 0 Å². The fourth-order valence-corrected chi connectivity index (χ4v) is 1.17. The number of carboxylic acids is 1. The van der Waals surface area contributed by atoms with Gasteiger partial charge in [0.1, 0.15) is 11.2 Å². The molecule has 0 heterocycles. The molecule has 0 spiro atoms. The molecule has 0 saturated carbocycles. The van der Waals surface area contributed by atoms with E-state index >= 15 is 0 Å². The van der Waals surface area contributed by atoms with Gasteiger partial charge >= 0.3 is 18.0 Å². The van der Waals surface area contributed by atoms with Gasteiger partial charge in [0, 0.05) is 7.05 Å². The number of aliphatic hydroxyl groups excluding tert-OH is 1. The summed E-state index contributed by atoms with van der Waals surface area (Å²) in [5.74, 6) is -4.02. The Morgan fingerprint density at radius 2 is 1.79 bits per heavy atom. The number of hydrogen-bond donors (Lipinski definition) is 2. The van der Waals surface area contributed by atoms with Gasteiger partial charge in [-0.25, -0.2) is 19.4 Å². The van der Waals surface area contributed by atoms with Crippen LogP contribution in [0, 0.1) is 0 Å². The van der Waals surface area contributed by atoms with Crippen LogP contribution in [0.3, 0.4) is 0 Å². The lowest BCUT2D eigenvalue weighted by molar-refractivity contribution is -0.144. The molecule has 0 bridgehead atoms. The molecule has 0 aromatic heterocycles. The van der Waals surface area contributed by atoms with E-state index in [0.717, 1.165) is 11.2 Å². The molecule has 0 fully saturated rings. The van der Waals surface area contributed by atoms with Crippen molar-refractivity contribution < 1.29 is 34.1 Å². The van der Waals surface area contributed by atoms with Gasteiger partial charge in [0.25, 0.3) is 0 Å². The van der Waals surface area contributed by atoms with Crippen molar-refractivity contribution in [3.8, 4) is 0 Å². The molecule has 9 heteroatoms. The second kappa shape index (κ2) is 8.90. The van der Waals surface area contributed by atoms with Crippen LogP contribution in [0.4, 0.5) is 4.79 Å². The van der Waals surface area contributed by atoms with Crippen LogP contribution in [0.2, 0.25) is 0 Å². The minimum atomic E-state index is -1.72. The Kier molecular flexibility index (Phi) is 7.94. The van der Waals surface area contributed by atoms with Crippen molar-refractivity contribution in [2.45, 2.75) is 52.7 Å². The predicted molar refractivity (Wildman–Crippen MR) is 85.6 cm³/mol. The van der Waals surface area contributed by atoms with Gasteiger partial charge in [-0.05, 0) is 34.1 Å². The summed E-state index contributed by atoms with van der Waals surface area (Å²) >= 11 is 0. The Labute approximate surface area is 140 Å². The quantitative estimate of drug-likeness (QED) is 0.248. The van der Waals surface area contributed by atoms with E-state index in [9.17, 15) is 19.5 Å². The molecule has 24 heavy (non-hydrogen) atoms. The SMILES string of the molecule is CCC(C)OC(=O)C(C=NN(C)C(=O)OC(C)(C)C)=C(O)C(=O)O. The van der Waals surface area contributed by atoms with E-state index in [1.807, 2.05) is 0 Å². The number of rotatable bonds is 6. The van der Waals surface area contributed by atoms with Crippen molar-refractivity contribution in [2.24, 2.45) is 5.10 Å². The second-order valence-corrected chi connectivity index (χ2v) is 5.94. The highest BCUT2D eigenvalue weighted by molar-refractivity contribution is 6.14. The monoisotopic (exact) mass is 344 g/mol. The number of aliphatic carboxylic acids is 1. The van der Waals surface area contributed by atoms with E-state index in [-0.39, 0.29) is 0 Å². The van der Waals surface area contributed by atoms with Gasteiger partial charge in [0.15, 0.2) is 0 Å². The first-order valence-electron chi connectivity index (χ1n) is 7.27. The summed E-state index contributed by atoms with van der Waals surface area (Å²) in [5, 5.41) is 22.7. The van der Waals surface area contributed by atoms with Crippen molar-refractivity contribution in [1.82, 2.24) is 5.01 Å². The molecule has 0 radical (unpaired) electrons. The van der Waals surface area contributed by atoms with Crippen LogP contribution in [-0.2, 0) is 19.1 Å². The first kappa shape index (κ1) is 21.4. The van der Waals surface area contributed by atoms with E-state index in [1.165, 1.54) is 7.05 Å². The number of carbonyl (C=O) groups is 3. The van der Waals surface area contributed by atoms with Crippen LogP contribution in [0.25, 0.3) is 0 Å². The molecule has 9 nitrogen and oxygen atoms in total. The number of ether oxygens (including phenoxy) is 2. The van der Waals surface area contributed by atoms with Crippen LogP contribution in [0.5, 0.6) is 0 Å². The summed E-state index contributed by atoms with van der Waals surface area (Å²) < 4.78 is 10.0. The lowest BCUT2D eigenvalue weighted by Gasteiger charge is -2.22. The van der Waals surface area contributed by atoms with Crippen LogP contribution in [0.1, 0.15) is 41.0 Å². The Morgan fingerprint density at radius 1 is 1.25 bits per heavy atom. The standard InChI is InChI=1S/C15H24N2O7/c1-7-9(2)23-13(21)10(11(18)12(19)20)8-16-17(6)14(22)24-15(3,4)5/h8-9,18H,7H2,1-6H3,(H,19,20). The Morgan fingerprint density at radius 3 is 2.21 bits per heavy atom. The smallest absolute Gasteiger partial charge is 0.430 e. The Bertz CT molecular complexity index is 547. The molecule has 0 aliphatic rings. The minimum absolute atomic E-state index is 0.480. The van der Waals surface area contributed by atoms with Crippen molar-refractivity contribution in [2.75, 3.05) is 7.05 Å². The molecule has 0 aromatic carbocycles. The molecule has 1 unspecified atom stereocenters. The minimum Gasteiger partial charge on any atom is -0.501 e. The fourth-order valence-electron chi connectivity index (χ4n) is 1.17. The number of hydrogen-bond acceptors (Lipinski definition) is 7. The molecule has 1 atom stereocenters. The molecule has 0 aliphatic heterocycles. The number of aliphatic hydroxyl groups is 1. The molecule has 0 aromatic rings. The number of nitrogens with zero attached hydrogens (tertiary/aromatic N) is 2. The fraction of sp³-hybridized carbons (Fsp3) is 0.600. The van der Waals surface area contributed by atoms with Crippen LogP contribution < -0.4 is 0 Å². The lowest BCUT2D eigenvalue weighted by Crippen LogP contribution is -2.31. The average molecular weight is 344 g/mol. The van der Waals surface area contributed by atoms with Crippen molar-refractivity contribution >= 4 is 24.2 Å². The Balaban J connectivity index is 5.35. The normalized spacial score (nSPS) is 13.9. The van der Waals surface area contributed by atoms with Crippen LogP contribution in [0.15, 0.2) is 16.4 Å². The van der Waals surface area contributed by atoms with E-state index in [2.05, 4.69) is 5.10 Å². The molecule has 0 aliphatic carbocycles. The average Bonchev–Trinajstić information content (AvgIpc) is 2.44. The maximum Gasteiger partial charge on any atom is 0.430 e. The summed E-state index contributed by atoms with van der Waals surface area (Å²) in [6.07, 6.45) is -0.0609. The number of amides is 1. The summed E-state index contributed by atoms with van der Waals surface area (Å²) in [7, 11) is 1.25. The predicted octanol–water partition coefficient (Wildman–Crippen LogP) is 2.08. The van der Waals surface area contributed by atoms with Gasteiger partial charge in [-0.3, -0.25) is 0 Å². The highest BCUT2D eigenvalue weighted by Crippen LogP contribution is 2.10. The maximum atomic E-state index is 11.9. The number of hydrazone groups is 1. The summed E-state index contributed by atoms with van der Waals surface area (Å²) in [4.78, 5) is 34.6. The highest BCUT2D eigenvalue weighted by atomic mass is 16.6. The van der Waals surface area contributed by atoms with Gasteiger partial charge in [-0.1, -0.05) is 6.92 Å². The third-order valence-electron chi connectivity index (χ3n) is 2.58. The van der Waals surface area contributed by atoms with Gasteiger partial charge in [-0.2, -0.15) is 5.10 Å². The molecule has 0 rings (SSSR count). The lowest BCUT2D eigenvalue weighted by atomic mass is 10.2. The van der Waals surface area contributed by atoms with Crippen LogP contribution >= 0.6 is 0 Å². The largest absolute Gasteiger partial charge is 0.501 e. The molecule has 2 N–H and O–H groups in total.